The van der Waals surface area contributed by atoms with Crippen LogP contribution in [-0.4, -0.2) is 10.9 Å². The molecule has 0 aliphatic heterocycles. The zero-order valence-electron chi connectivity index (χ0n) is 9.94. The number of hydrogen-bond acceptors (Lipinski definition) is 1. The molecule has 0 saturated heterocycles. The minimum absolute atomic E-state index is 0.0935. The van der Waals surface area contributed by atoms with Gasteiger partial charge in [-0.1, -0.05) is 24.3 Å². The number of aryl methyl sites for hydroxylation is 1. The van der Waals surface area contributed by atoms with E-state index in [0.717, 1.165) is 24.2 Å². The van der Waals surface area contributed by atoms with Crippen molar-refractivity contribution in [2.24, 2.45) is 0 Å². The van der Waals surface area contributed by atoms with Crippen molar-refractivity contribution < 1.29 is 4.79 Å². The van der Waals surface area contributed by atoms with Gasteiger partial charge in [-0.05, 0) is 42.7 Å². The number of fused-ring (bicyclic) bond motifs is 1. The highest BCUT2D eigenvalue weighted by Gasteiger charge is 2.13. The molecule has 0 atom stereocenters. The molecular weight excluding hydrogens is 224 g/mol. The highest BCUT2D eigenvalue weighted by Crippen LogP contribution is 2.20. The molecule has 0 unspecified atom stereocenters. The molecule has 3 nitrogen and oxygen atoms in total. The van der Waals surface area contributed by atoms with Crippen molar-refractivity contribution in [2.45, 2.75) is 12.8 Å². The summed E-state index contributed by atoms with van der Waals surface area (Å²) in [5.74, 6) is -0.0935. The molecular formula is C15H14N2O. The average Bonchev–Trinajstić information content (AvgIpc) is 2.84. The average molecular weight is 238 g/mol. The van der Waals surface area contributed by atoms with Gasteiger partial charge in [-0.25, -0.2) is 0 Å². The zero-order valence-corrected chi connectivity index (χ0v) is 9.94. The molecule has 3 heteroatoms. The van der Waals surface area contributed by atoms with E-state index in [9.17, 15) is 4.79 Å². The van der Waals surface area contributed by atoms with E-state index in [1.807, 2.05) is 42.5 Å². The number of aromatic amines is 1. The number of nitrogens with one attached hydrogen (secondary N) is 2. The Hall–Kier alpha value is -2.29. The summed E-state index contributed by atoms with van der Waals surface area (Å²) in [6.45, 7) is 0. The third-order valence-corrected chi connectivity index (χ3v) is 3.08. The second-order valence-electron chi connectivity index (χ2n) is 4.38. The van der Waals surface area contributed by atoms with E-state index in [1.54, 1.807) is 0 Å². The monoisotopic (exact) mass is 238 g/mol. The Bertz CT molecular complexity index is 596. The first-order valence-electron chi connectivity index (χ1n) is 6.08. The first-order valence-corrected chi connectivity index (χ1v) is 6.08. The molecule has 0 spiro atoms. The highest BCUT2D eigenvalue weighted by atomic mass is 16.1. The maximum absolute atomic E-state index is 12.1. The van der Waals surface area contributed by atoms with E-state index >= 15 is 0 Å². The third kappa shape index (κ3) is 2.07. The summed E-state index contributed by atoms with van der Waals surface area (Å²) in [6.07, 6.45) is 6.21. The second kappa shape index (κ2) is 4.53. The van der Waals surface area contributed by atoms with Crippen LogP contribution >= 0.6 is 0 Å². The van der Waals surface area contributed by atoms with E-state index in [0.29, 0.717) is 5.69 Å². The van der Waals surface area contributed by atoms with Crippen LogP contribution in [0.15, 0.2) is 42.5 Å². The molecule has 1 heterocycles. The summed E-state index contributed by atoms with van der Waals surface area (Å²) < 4.78 is 0. The lowest BCUT2D eigenvalue weighted by Gasteiger charge is -2.02. The van der Waals surface area contributed by atoms with Crippen LogP contribution in [0.25, 0.3) is 6.08 Å². The zero-order chi connectivity index (χ0) is 12.4. The second-order valence-corrected chi connectivity index (χ2v) is 4.38. The van der Waals surface area contributed by atoms with Gasteiger partial charge >= 0.3 is 0 Å². The maximum Gasteiger partial charge on any atom is 0.272 e. The fraction of sp³-hybridized carbons (Fsp3) is 0.133. The van der Waals surface area contributed by atoms with Gasteiger partial charge in [0, 0.05) is 11.4 Å². The Morgan fingerprint density at radius 1 is 1.22 bits per heavy atom. The molecule has 1 aliphatic carbocycles. The van der Waals surface area contributed by atoms with Crippen LogP contribution in [0, 0.1) is 0 Å². The summed E-state index contributed by atoms with van der Waals surface area (Å²) in [5, 5.41) is 2.87. The highest BCUT2D eigenvalue weighted by molar-refractivity contribution is 6.03. The van der Waals surface area contributed by atoms with E-state index in [4.69, 9.17) is 0 Å². The number of aromatic nitrogens is 1. The first kappa shape index (κ1) is 10.8. The van der Waals surface area contributed by atoms with Gasteiger partial charge in [-0.2, -0.15) is 0 Å². The molecule has 1 aliphatic rings. The van der Waals surface area contributed by atoms with Gasteiger partial charge in [0.15, 0.2) is 0 Å². The number of hydrogen-bond donors (Lipinski definition) is 2. The predicted octanol–water partition coefficient (Wildman–Crippen LogP) is 3.23. The lowest BCUT2D eigenvalue weighted by Crippen LogP contribution is -2.12. The molecule has 1 aromatic heterocycles. The number of rotatable bonds is 2. The van der Waals surface area contributed by atoms with Crippen LogP contribution in [-0.2, 0) is 6.42 Å². The fourth-order valence-corrected chi connectivity index (χ4v) is 2.15. The number of anilines is 1. The van der Waals surface area contributed by atoms with E-state index < -0.39 is 0 Å². The van der Waals surface area contributed by atoms with Gasteiger partial charge in [-0.3, -0.25) is 4.79 Å². The number of H-pyrrole nitrogens is 1. The van der Waals surface area contributed by atoms with Gasteiger partial charge < -0.3 is 10.3 Å². The van der Waals surface area contributed by atoms with E-state index in [1.165, 1.54) is 5.56 Å². The Balaban J connectivity index is 1.81. The molecule has 0 fully saturated rings. The van der Waals surface area contributed by atoms with Crippen LogP contribution in [0.4, 0.5) is 5.69 Å². The lowest BCUT2D eigenvalue weighted by atomic mass is 10.0. The van der Waals surface area contributed by atoms with Gasteiger partial charge in [0.1, 0.15) is 5.69 Å². The topological polar surface area (TPSA) is 44.9 Å². The molecule has 2 N–H and O–H groups in total. The number of carbonyl (C=O) groups excluding carboxylic acids is 1. The minimum atomic E-state index is -0.0935. The molecule has 3 rings (SSSR count). The molecule has 1 amide bonds. The largest absolute Gasteiger partial charge is 0.351 e. The number of amides is 1. The van der Waals surface area contributed by atoms with Crippen molar-refractivity contribution in [3.8, 4) is 0 Å². The number of carbonyl (C=O) groups is 1. The Labute approximate surface area is 106 Å². The van der Waals surface area contributed by atoms with Crippen molar-refractivity contribution in [1.29, 1.82) is 0 Å². The summed E-state index contributed by atoms with van der Waals surface area (Å²) in [4.78, 5) is 15.2. The number of allylic oxidation sites excluding steroid dienone is 1. The Kier molecular flexibility index (Phi) is 2.73. The quantitative estimate of drug-likeness (QED) is 0.829. The Morgan fingerprint density at radius 3 is 2.83 bits per heavy atom. The van der Waals surface area contributed by atoms with Gasteiger partial charge in [-0.15, -0.1) is 0 Å². The van der Waals surface area contributed by atoms with Crippen molar-refractivity contribution in [2.75, 3.05) is 5.32 Å². The number of para-hydroxylation sites is 1. The predicted molar refractivity (Wildman–Crippen MR) is 72.5 cm³/mol. The van der Waals surface area contributed by atoms with E-state index in [-0.39, 0.29) is 5.91 Å². The van der Waals surface area contributed by atoms with Crippen LogP contribution < -0.4 is 5.32 Å². The molecule has 2 aromatic rings. The van der Waals surface area contributed by atoms with Crippen molar-refractivity contribution in [1.82, 2.24) is 4.98 Å². The molecule has 0 bridgehead atoms. The van der Waals surface area contributed by atoms with Crippen LogP contribution in [0.1, 0.15) is 28.2 Å². The summed E-state index contributed by atoms with van der Waals surface area (Å²) in [6, 6.07) is 11.4. The van der Waals surface area contributed by atoms with Crippen molar-refractivity contribution >= 4 is 17.7 Å². The summed E-state index contributed by atoms with van der Waals surface area (Å²) in [5.41, 5.74) is 3.70. The maximum atomic E-state index is 12.1. The SMILES string of the molecule is O=C(Nc1ccccc1)c1cc2c([nH]1)C=CCC2. The smallest absolute Gasteiger partial charge is 0.272 e. The summed E-state index contributed by atoms with van der Waals surface area (Å²) in [7, 11) is 0. The Morgan fingerprint density at radius 2 is 2.06 bits per heavy atom. The molecule has 0 saturated carbocycles. The molecule has 0 radical (unpaired) electrons. The molecule has 90 valence electrons. The third-order valence-electron chi connectivity index (χ3n) is 3.08. The van der Waals surface area contributed by atoms with Crippen molar-refractivity contribution in [3.05, 3.63) is 59.4 Å². The standard InChI is InChI=1S/C15H14N2O/c18-15(16-12-7-2-1-3-8-12)14-10-11-6-4-5-9-13(11)17-14/h1-3,5,7-10,17H,4,6H2,(H,16,18). The van der Waals surface area contributed by atoms with Crippen molar-refractivity contribution in [3.63, 3.8) is 0 Å². The number of benzene rings is 1. The van der Waals surface area contributed by atoms with Gasteiger partial charge in [0.05, 0.1) is 0 Å². The van der Waals surface area contributed by atoms with Gasteiger partial charge in [0.25, 0.3) is 5.91 Å². The molecule has 18 heavy (non-hydrogen) atoms. The normalized spacial score (nSPS) is 13.1. The van der Waals surface area contributed by atoms with E-state index in [2.05, 4.69) is 16.4 Å². The summed E-state index contributed by atoms with van der Waals surface area (Å²) >= 11 is 0. The van der Waals surface area contributed by atoms with Gasteiger partial charge in [0.2, 0.25) is 0 Å². The lowest BCUT2D eigenvalue weighted by molar-refractivity contribution is 0.102. The van der Waals surface area contributed by atoms with Crippen LogP contribution in [0.5, 0.6) is 0 Å². The van der Waals surface area contributed by atoms with Crippen LogP contribution in [0.3, 0.4) is 0 Å². The van der Waals surface area contributed by atoms with Crippen LogP contribution in [0.2, 0.25) is 0 Å². The first-order chi connectivity index (χ1) is 8.83. The fourth-order valence-electron chi connectivity index (χ4n) is 2.15. The minimum Gasteiger partial charge on any atom is -0.351 e. The molecule has 1 aromatic carbocycles.